The van der Waals surface area contributed by atoms with E-state index in [1.165, 1.54) is 103 Å². The summed E-state index contributed by atoms with van der Waals surface area (Å²) in [5.41, 5.74) is 0. The second-order valence-electron chi connectivity index (χ2n) is 15.3. The van der Waals surface area contributed by atoms with E-state index in [2.05, 4.69) is 81.5 Å². The monoisotopic (exact) mass is 795 g/mol. The summed E-state index contributed by atoms with van der Waals surface area (Å²) >= 11 is 0. The first-order valence-electron chi connectivity index (χ1n) is 23.4. The van der Waals surface area contributed by atoms with Crippen molar-refractivity contribution in [1.82, 2.24) is 0 Å². The molecular formula is C51H86O6. The van der Waals surface area contributed by atoms with E-state index in [4.69, 9.17) is 14.2 Å². The van der Waals surface area contributed by atoms with E-state index in [-0.39, 0.29) is 31.6 Å². The number of hydrogen-bond acceptors (Lipinski definition) is 6. The van der Waals surface area contributed by atoms with Crippen molar-refractivity contribution >= 4 is 17.9 Å². The van der Waals surface area contributed by atoms with Crippen LogP contribution in [0.2, 0.25) is 0 Å². The molecule has 0 spiro atoms. The lowest BCUT2D eigenvalue weighted by Gasteiger charge is -2.18. The summed E-state index contributed by atoms with van der Waals surface area (Å²) in [7, 11) is 0. The molecule has 6 heteroatoms. The maximum Gasteiger partial charge on any atom is 0.310 e. The minimum atomic E-state index is -0.826. The van der Waals surface area contributed by atoms with Crippen molar-refractivity contribution in [3.05, 3.63) is 72.9 Å². The van der Waals surface area contributed by atoms with E-state index in [1.807, 2.05) is 6.08 Å². The molecule has 0 aromatic rings. The summed E-state index contributed by atoms with van der Waals surface area (Å²) in [6.45, 7) is 6.37. The van der Waals surface area contributed by atoms with Gasteiger partial charge >= 0.3 is 17.9 Å². The number of carbonyl (C=O) groups excluding carboxylic acids is 3. The van der Waals surface area contributed by atoms with E-state index in [1.54, 1.807) is 6.08 Å². The number of ether oxygens (including phenoxy) is 3. The van der Waals surface area contributed by atoms with Crippen LogP contribution in [0.15, 0.2) is 72.9 Å². The van der Waals surface area contributed by atoms with E-state index >= 15 is 0 Å². The summed E-state index contributed by atoms with van der Waals surface area (Å²) < 4.78 is 16.6. The Bertz CT molecular complexity index is 1100. The van der Waals surface area contributed by atoms with Crippen LogP contribution < -0.4 is 0 Å². The lowest BCUT2D eigenvalue weighted by molar-refractivity contribution is -0.166. The molecule has 0 fully saturated rings. The predicted octanol–water partition coefficient (Wildman–Crippen LogP) is 15.1. The Morgan fingerprint density at radius 1 is 0.386 bits per heavy atom. The molecule has 0 rings (SSSR count). The van der Waals surface area contributed by atoms with Gasteiger partial charge in [0.15, 0.2) is 6.10 Å². The molecule has 0 saturated carbocycles. The average Bonchev–Trinajstić information content (AvgIpc) is 3.21. The molecule has 57 heavy (non-hydrogen) atoms. The fourth-order valence-electron chi connectivity index (χ4n) is 6.22. The Morgan fingerprint density at radius 3 is 1.14 bits per heavy atom. The maximum atomic E-state index is 12.6. The topological polar surface area (TPSA) is 78.9 Å². The highest BCUT2D eigenvalue weighted by Gasteiger charge is 2.19. The summed E-state index contributed by atoms with van der Waals surface area (Å²) in [6.07, 6.45) is 56.4. The van der Waals surface area contributed by atoms with Crippen molar-refractivity contribution in [3.8, 4) is 0 Å². The van der Waals surface area contributed by atoms with Crippen LogP contribution in [0.3, 0.4) is 0 Å². The summed E-state index contributed by atoms with van der Waals surface area (Å²) in [5, 5.41) is 0. The molecule has 0 aromatic carbocycles. The van der Waals surface area contributed by atoms with Crippen LogP contribution in [-0.4, -0.2) is 37.2 Å². The largest absolute Gasteiger partial charge is 0.462 e. The van der Waals surface area contributed by atoms with Gasteiger partial charge in [-0.25, -0.2) is 0 Å². The number of rotatable bonds is 41. The van der Waals surface area contributed by atoms with E-state index in [9.17, 15) is 14.4 Å². The first-order valence-corrected chi connectivity index (χ1v) is 23.4. The molecule has 0 radical (unpaired) electrons. The first-order chi connectivity index (χ1) is 28.0. The Labute approximate surface area is 351 Å². The van der Waals surface area contributed by atoms with Gasteiger partial charge in [0.2, 0.25) is 0 Å². The minimum absolute atomic E-state index is 0.0971. The van der Waals surface area contributed by atoms with Gasteiger partial charge in [-0.2, -0.15) is 0 Å². The third-order valence-electron chi connectivity index (χ3n) is 9.73. The van der Waals surface area contributed by atoms with Crippen LogP contribution in [0.4, 0.5) is 0 Å². The lowest BCUT2D eigenvalue weighted by atomic mass is 10.1. The molecule has 0 bridgehead atoms. The van der Waals surface area contributed by atoms with Crippen molar-refractivity contribution in [1.29, 1.82) is 0 Å². The summed E-state index contributed by atoms with van der Waals surface area (Å²) in [4.78, 5) is 37.6. The van der Waals surface area contributed by atoms with Crippen LogP contribution >= 0.6 is 0 Å². The van der Waals surface area contributed by atoms with Gasteiger partial charge in [-0.1, -0.05) is 196 Å². The normalized spacial score (nSPS) is 12.7. The average molecular weight is 795 g/mol. The predicted molar refractivity (Wildman–Crippen MR) is 242 cm³/mol. The highest BCUT2D eigenvalue weighted by atomic mass is 16.6. The van der Waals surface area contributed by atoms with Crippen molar-refractivity contribution in [2.75, 3.05) is 13.2 Å². The highest BCUT2D eigenvalue weighted by Crippen LogP contribution is 2.13. The molecule has 0 N–H and O–H groups in total. The molecule has 0 aliphatic carbocycles. The van der Waals surface area contributed by atoms with Crippen molar-refractivity contribution < 1.29 is 28.6 Å². The highest BCUT2D eigenvalue weighted by molar-refractivity contribution is 5.72. The van der Waals surface area contributed by atoms with Gasteiger partial charge in [0, 0.05) is 12.8 Å². The lowest BCUT2D eigenvalue weighted by Crippen LogP contribution is -2.30. The molecule has 0 saturated heterocycles. The molecule has 0 heterocycles. The Hall–Kier alpha value is -3.15. The van der Waals surface area contributed by atoms with E-state index in [0.29, 0.717) is 12.8 Å². The van der Waals surface area contributed by atoms with E-state index in [0.717, 1.165) is 70.6 Å². The smallest absolute Gasteiger partial charge is 0.310 e. The fourth-order valence-corrected chi connectivity index (χ4v) is 6.22. The zero-order valence-electron chi connectivity index (χ0n) is 37.1. The minimum Gasteiger partial charge on any atom is -0.462 e. The van der Waals surface area contributed by atoms with Gasteiger partial charge < -0.3 is 14.2 Å². The molecule has 0 aromatic heterocycles. The summed E-state index contributed by atoms with van der Waals surface area (Å²) in [5.74, 6) is -1.06. The van der Waals surface area contributed by atoms with Gasteiger partial charge in [0.1, 0.15) is 13.2 Å². The van der Waals surface area contributed by atoms with Gasteiger partial charge in [0.05, 0.1) is 6.42 Å². The third-order valence-corrected chi connectivity index (χ3v) is 9.73. The van der Waals surface area contributed by atoms with Crippen LogP contribution in [0, 0.1) is 0 Å². The number of esters is 3. The third kappa shape index (κ3) is 43.8. The number of hydrogen-bond donors (Lipinski definition) is 0. The molecule has 326 valence electrons. The van der Waals surface area contributed by atoms with Crippen LogP contribution in [-0.2, 0) is 28.6 Å². The number of unbranched alkanes of at least 4 members (excludes halogenated alkanes) is 19. The molecule has 1 atom stereocenters. The number of allylic oxidation sites excluding steroid dienone is 11. The van der Waals surface area contributed by atoms with Gasteiger partial charge in [-0.15, -0.1) is 0 Å². The second kappa shape index (κ2) is 45.6. The van der Waals surface area contributed by atoms with Crippen LogP contribution in [0.1, 0.15) is 213 Å². The van der Waals surface area contributed by atoms with Gasteiger partial charge in [-0.3, -0.25) is 14.4 Å². The van der Waals surface area contributed by atoms with Crippen LogP contribution in [0.25, 0.3) is 0 Å². The first kappa shape index (κ1) is 53.9. The van der Waals surface area contributed by atoms with Gasteiger partial charge in [-0.05, 0) is 70.6 Å². The van der Waals surface area contributed by atoms with Crippen LogP contribution in [0.5, 0.6) is 0 Å². The standard InChI is InChI=1S/C51H86O6/c1-4-7-10-13-16-18-20-22-24-25-27-28-30-32-35-38-41-44-50(53)56-47-48(46-55-49(52)43-40-37-34-15-12-9-6-3)57-51(54)45-42-39-36-33-31-29-26-23-21-19-17-14-11-8-5-2/h8,11,17,19,22-24,26,31,33,39,42,48H,4-7,9-10,12-16,18,20-21,25,27-30,32,34-38,40-41,43-47H2,1-3H3/b11-8-,19-17-,24-22-,26-23-,33-31-,42-39-. The molecule has 0 aliphatic heterocycles. The number of carbonyl (C=O) groups is 3. The summed E-state index contributed by atoms with van der Waals surface area (Å²) in [6, 6.07) is 0. The van der Waals surface area contributed by atoms with Crippen molar-refractivity contribution in [3.63, 3.8) is 0 Å². The molecule has 0 amide bonds. The Kier molecular flexibility index (Phi) is 43.0. The quantitative estimate of drug-likeness (QED) is 0.0265. The molecule has 0 aliphatic rings. The SMILES string of the molecule is CC/C=C\C/C=C\C/C=C\C/C=C\C/C=C\CC(=O)OC(COC(=O)CCCCCCCCC)COC(=O)CCCCCCCCC/C=C\CCCCCCCC. The van der Waals surface area contributed by atoms with E-state index < -0.39 is 12.1 Å². The maximum absolute atomic E-state index is 12.6. The molecule has 6 nitrogen and oxygen atoms in total. The zero-order valence-corrected chi connectivity index (χ0v) is 37.1. The Balaban J connectivity index is 4.42. The fraction of sp³-hybridized carbons (Fsp3) is 0.706. The second-order valence-corrected chi connectivity index (χ2v) is 15.3. The molecular weight excluding hydrogens is 709 g/mol. The molecule has 1 unspecified atom stereocenters. The van der Waals surface area contributed by atoms with Crippen molar-refractivity contribution in [2.24, 2.45) is 0 Å². The Morgan fingerprint density at radius 2 is 0.737 bits per heavy atom. The zero-order chi connectivity index (χ0) is 41.5. The van der Waals surface area contributed by atoms with Crippen molar-refractivity contribution in [2.45, 2.75) is 219 Å². The van der Waals surface area contributed by atoms with Gasteiger partial charge in [0.25, 0.3) is 0 Å².